The number of hydrogen-bond donors (Lipinski definition) is 0. The second-order valence-electron chi connectivity index (χ2n) is 3.54. The highest BCUT2D eigenvalue weighted by Crippen LogP contribution is 2.30. The van der Waals surface area contributed by atoms with Crippen LogP contribution >= 0.6 is 22.6 Å². The third kappa shape index (κ3) is 3.43. The molecule has 1 aliphatic heterocycles. The van der Waals surface area contributed by atoms with Gasteiger partial charge in [-0.25, -0.2) is 0 Å². The molecular formula is C9H16IN3O4. The molecule has 0 amide bonds. The Labute approximate surface area is 114 Å². The van der Waals surface area contributed by atoms with E-state index in [4.69, 9.17) is 24.5 Å². The first-order valence-electron chi connectivity index (χ1n) is 5.08. The fourth-order valence-electron chi connectivity index (χ4n) is 1.83. The molecule has 0 aromatic carbocycles. The highest BCUT2D eigenvalue weighted by Gasteiger charge is 2.45. The Bertz CT molecular complexity index is 287. The molecule has 0 spiro atoms. The van der Waals surface area contributed by atoms with Crippen LogP contribution in [0, 0.1) is 0 Å². The molecule has 0 N–H and O–H groups in total. The molecule has 5 atom stereocenters. The average Bonchev–Trinajstić information content (AvgIpc) is 2.36. The maximum atomic E-state index is 8.34. The first-order valence-corrected chi connectivity index (χ1v) is 6.32. The predicted octanol–water partition coefficient (Wildman–Crippen LogP) is 1.50. The zero-order valence-electron chi connectivity index (χ0n) is 9.95. The van der Waals surface area contributed by atoms with E-state index in [1.807, 2.05) is 0 Å². The molecule has 17 heavy (non-hydrogen) atoms. The molecule has 8 heteroatoms. The molecule has 7 nitrogen and oxygen atoms in total. The monoisotopic (exact) mass is 357 g/mol. The highest BCUT2D eigenvalue weighted by molar-refractivity contribution is 14.1. The number of methoxy groups -OCH3 is 3. The summed E-state index contributed by atoms with van der Waals surface area (Å²) in [5, 5.41) is 3.53. The molecule has 0 aliphatic carbocycles. The molecule has 0 unspecified atom stereocenters. The minimum absolute atomic E-state index is 0.0273. The number of hydrogen-bond acceptors (Lipinski definition) is 5. The van der Waals surface area contributed by atoms with Crippen LogP contribution in [0.4, 0.5) is 0 Å². The van der Waals surface area contributed by atoms with E-state index in [1.54, 1.807) is 21.3 Å². The van der Waals surface area contributed by atoms with Crippen LogP contribution in [0.15, 0.2) is 5.11 Å². The lowest BCUT2D eigenvalue weighted by atomic mass is 10.0. The van der Waals surface area contributed by atoms with Crippen molar-refractivity contribution < 1.29 is 18.9 Å². The highest BCUT2D eigenvalue weighted by atomic mass is 127. The van der Waals surface area contributed by atoms with Gasteiger partial charge in [0.2, 0.25) is 0 Å². The quantitative estimate of drug-likeness (QED) is 0.245. The number of azide groups is 1. The van der Waals surface area contributed by atoms with E-state index in [-0.39, 0.29) is 28.8 Å². The van der Waals surface area contributed by atoms with Gasteiger partial charge in [-0.2, -0.15) is 0 Å². The Balaban J connectivity index is 2.81. The van der Waals surface area contributed by atoms with Crippen molar-refractivity contribution in [2.45, 2.75) is 28.5 Å². The van der Waals surface area contributed by atoms with Gasteiger partial charge >= 0.3 is 0 Å². The number of alkyl halides is 1. The molecule has 0 aromatic rings. The minimum atomic E-state index is -0.519. The summed E-state index contributed by atoms with van der Waals surface area (Å²) < 4.78 is 21.7. The second kappa shape index (κ2) is 7.34. The lowest BCUT2D eigenvalue weighted by Gasteiger charge is -2.42. The SMILES string of the molecule is CO[C@H]1O[C@H](CN=[N+]=[N-])[C@H](I)[C@H](OC)[C@H]1OC. The summed E-state index contributed by atoms with van der Waals surface area (Å²) in [6.45, 7) is 0.250. The largest absolute Gasteiger partial charge is 0.377 e. The van der Waals surface area contributed by atoms with Crippen LogP contribution in [-0.2, 0) is 18.9 Å². The summed E-state index contributed by atoms with van der Waals surface area (Å²) in [4.78, 5) is 2.73. The summed E-state index contributed by atoms with van der Waals surface area (Å²) >= 11 is 2.22. The Kier molecular flexibility index (Phi) is 6.45. The molecule has 98 valence electrons. The third-order valence-electron chi connectivity index (χ3n) is 2.67. The van der Waals surface area contributed by atoms with Crippen molar-refractivity contribution in [1.82, 2.24) is 0 Å². The maximum absolute atomic E-state index is 8.34. The summed E-state index contributed by atoms with van der Waals surface area (Å²) in [7, 11) is 4.75. The van der Waals surface area contributed by atoms with Crippen molar-refractivity contribution in [2.75, 3.05) is 27.9 Å². The molecule has 1 saturated heterocycles. The summed E-state index contributed by atoms with van der Waals surface area (Å²) in [6, 6.07) is 0. The second-order valence-corrected chi connectivity index (χ2v) is 4.98. The first kappa shape index (κ1) is 14.9. The van der Waals surface area contributed by atoms with Gasteiger partial charge in [-0.3, -0.25) is 0 Å². The van der Waals surface area contributed by atoms with Crippen LogP contribution < -0.4 is 0 Å². The standard InChI is InChI=1S/C9H16IN3O4/c1-14-7-6(10)5(4-12-13-11)17-9(16-3)8(7)15-2/h5-9H,4H2,1-3H3/t5-,6+,7+,8-,9+/m1/s1. The van der Waals surface area contributed by atoms with Crippen LogP contribution in [0.5, 0.6) is 0 Å². The van der Waals surface area contributed by atoms with E-state index in [2.05, 4.69) is 32.6 Å². The molecular weight excluding hydrogens is 341 g/mol. The molecule has 1 aliphatic rings. The lowest BCUT2D eigenvalue weighted by Crippen LogP contribution is -2.57. The van der Waals surface area contributed by atoms with Gasteiger partial charge in [0.05, 0.1) is 16.6 Å². The van der Waals surface area contributed by atoms with Crippen LogP contribution in [0.1, 0.15) is 0 Å². The minimum Gasteiger partial charge on any atom is -0.377 e. The summed E-state index contributed by atoms with van der Waals surface area (Å²) in [6.07, 6.45) is -1.23. The smallest absolute Gasteiger partial charge is 0.186 e. The molecule has 1 heterocycles. The predicted molar refractivity (Wildman–Crippen MR) is 69.1 cm³/mol. The van der Waals surface area contributed by atoms with E-state index in [0.717, 1.165) is 0 Å². The van der Waals surface area contributed by atoms with E-state index in [1.165, 1.54) is 0 Å². The molecule has 1 rings (SSSR count). The van der Waals surface area contributed by atoms with Gasteiger partial charge in [-0.1, -0.05) is 27.7 Å². The third-order valence-corrected chi connectivity index (χ3v) is 4.18. The Hall–Kier alpha value is -0.120. The number of rotatable bonds is 5. The average molecular weight is 357 g/mol. The van der Waals surface area contributed by atoms with Gasteiger partial charge < -0.3 is 18.9 Å². The van der Waals surface area contributed by atoms with Crippen molar-refractivity contribution in [2.24, 2.45) is 5.11 Å². The Morgan fingerprint density at radius 1 is 1.24 bits per heavy atom. The van der Waals surface area contributed by atoms with Crippen molar-refractivity contribution >= 4 is 22.6 Å². The fraction of sp³-hybridized carbons (Fsp3) is 1.00. The number of nitrogens with zero attached hydrogens (tertiary/aromatic N) is 3. The maximum Gasteiger partial charge on any atom is 0.186 e. The zero-order chi connectivity index (χ0) is 12.8. The molecule has 0 bridgehead atoms. The van der Waals surface area contributed by atoms with E-state index < -0.39 is 6.29 Å². The fourth-order valence-corrected chi connectivity index (χ4v) is 2.93. The van der Waals surface area contributed by atoms with Gasteiger partial charge in [0.15, 0.2) is 6.29 Å². The van der Waals surface area contributed by atoms with Crippen molar-refractivity contribution in [3.05, 3.63) is 10.4 Å². The van der Waals surface area contributed by atoms with Crippen LogP contribution in [0.3, 0.4) is 0 Å². The number of ether oxygens (including phenoxy) is 4. The van der Waals surface area contributed by atoms with E-state index in [0.29, 0.717) is 0 Å². The van der Waals surface area contributed by atoms with Crippen LogP contribution in [0.25, 0.3) is 10.4 Å². The van der Waals surface area contributed by atoms with Crippen LogP contribution in [0.2, 0.25) is 0 Å². The van der Waals surface area contributed by atoms with Gasteiger partial charge in [0.25, 0.3) is 0 Å². The first-order chi connectivity index (χ1) is 8.19. The summed E-state index contributed by atoms with van der Waals surface area (Å²) in [5.41, 5.74) is 8.34. The van der Waals surface area contributed by atoms with E-state index >= 15 is 0 Å². The van der Waals surface area contributed by atoms with Gasteiger partial charge in [-0.05, 0) is 5.53 Å². The van der Waals surface area contributed by atoms with E-state index in [9.17, 15) is 0 Å². The topological polar surface area (TPSA) is 85.7 Å². The van der Waals surface area contributed by atoms with Gasteiger partial charge in [0, 0.05) is 26.2 Å². The zero-order valence-corrected chi connectivity index (χ0v) is 12.1. The van der Waals surface area contributed by atoms with Gasteiger partial charge in [-0.15, -0.1) is 0 Å². The van der Waals surface area contributed by atoms with Crippen molar-refractivity contribution in [1.29, 1.82) is 0 Å². The van der Waals surface area contributed by atoms with Crippen molar-refractivity contribution in [3.8, 4) is 0 Å². The normalized spacial score (nSPS) is 37.5. The Morgan fingerprint density at radius 3 is 2.35 bits per heavy atom. The Morgan fingerprint density at radius 2 is 1.88 bits per heavy atom. The van der Waals surface area contributed by atoms with Crippen molar-refractivity contribution in [3.63, 3.8) is 0 Å². The molecule has 0 saturated carbocycles. The molecule has 1 fully saturated rings. The summed E-state index contributed by atoms with van der Waals surface area (Å²) in [5.74, 6) is 0. The molecule has 0 aromatic heterocycles. The lowest BCUT2D eigenvalue weighted by molar-refractivity contribution is -0.260. The van der Waals surface area contributed by atoms with Crippen LogP contribution in [-0.4, -0.2) is 56.4 Å². The van der Waals surface area contributed by atoms with Gasteiger partial charge in [0.1, 0.15) is 12.2 Å². The number of halogens is 1. The molecule has 0 radical (unpaired) electrons.